The van der Waals surface area contributed by atoms with Gasteiger partial charge in [0, 0.05) is 24.2 Å². The predicted molar refractivity (Wildman–Crippen MR) is 113 cm³/mol. The van der Waals surface area contributed by atoms with Gasteiger partial charge in [-0.15, -0.1) is 0 Å². The van der Waals surface area contributed by atoms with E-state index in [-0.39, 0.29) is 17.9 Å². The molecule has 0 unspecified atom stereocenters. The molecule has 1 aliphatic heterocycles. The molecule has 3 rings (SSSR count). The molecule has 0 bridgehead atoms. The molecule has 154 valence electrons. The molecule has 1 heterocycles. The Morgan fingerprint density at radius 1 is 1.10 bits per heavy atom. The van der Waals surface area contributed by atoms with Crippen LogP contribution in [0.15, 0.2) is 42.5 Å². The van der Waals surface area contributed by atoms with Crippen LogP contribution in [-0.2, 0) is 4.79 Å². The molecule has 2 aromatic carbocycles. The lowest BCUT2D eigenvalue weighted by Gasteiger charge is -2.19. The molecule has 1 saturated heterocycles. The summed E-state index contributed by atoms with van der Waals surface area (Å²) in [7, 11) is 0. The maximum Gasteiger partial charge on any atom is 0.251 e. The Kier molecular flexibility index (Phi) is 6.75. The molecule has 2 amide bonds. The summed E-state index contributed by atoms with van der Waals surface area (Å²) in [5, 5.41) is 3.02. The number of carbonyl (C=O) groups excluding carboxylic acids is 2. The fourth-order valence-electron chi connectivity index (χ4n) is 3.44. The van der Waals surface area contributed by atoms with E-state index in [9.17, 15) is 9.59 Å². The summed E-state index contributed by atoms with van der Waals surface area (Å²) in [5.74, 6) is 1.29. The van der Waals surface area contributed by atoms with E-state index in [1.807, 2.05) is 51.1 Å². The van der Waals surface area contributed by atoms with Crippen LogP contribution in [0.4, 0.5) is 5.69 Å². The Bertz CT molecular complexity index is 881. The lowest BCUT2D eigenvalue weighted by atomic mass is 10.1. The maximum absolute atomic E-state index is 12.8. The molecule has 1 N–H and O–H groups in total. The molecule has 2 aromatic rings. The SMILES string of the molecule is CCOc1ccc([C@H](C)NC(=O)c2cccc(N3CCCC3=O)c2)cc1OCC. The Balaban J connectivity index is 1.73. The number of rotatable bonds is 8. The Morgan fingerprint density at radius 3 is 2.55 bits per heavy atom. The maximum atomic E-state index is 12.8. The van der Waals surface area contributed by atoms with E-state index < -0.39 is 0 Å². The lowest BCUT2D eigenvalue weighted by molar-refractivity contribution is -0.117. The topological polar surface area (TPSA) is 67.9 Å². The minimum absolute atomic E-state index is 0.105. The van der Waals surface area contributed by atoms with Crippen molar-refractivity contribution in [2.45, 2.75) is 39.7 Å². The van der Waals surface area contributed by atoms with Crippen LogP contribution in [0.3, 0.4) is 0 Å². The van der Waals surface area contributed by atoms with E-state index in [2.05, 4.69) is 5.32 Å². The van der Waals surface area contributed by atoms with Crippen molar-refractivity contribution < 1.29 is 19.1 Å². The van der Waals surface area contributed by atoms with Crippen molar-refractivity contribution in [2.75, 3.05) is 24.7 Å². The van der Waals surface area contributed by atoms with E-state index in [1.165, 1.54) is 0 Å². The number of amides is 2. The van der Waals surface area contributed by atoms with E-state index in [1.54, 1.807) is 17.0 Å². The third kappa shape index (κ3) is 4.88. The molecule has 0 aliphatic carbocycles. The Hall–Kier alpha value is -3.02. The van der Waals surface area contributed by atoms with Crippen molar-refractivity contribution in [3.8, 4) is 11.5 Å². The van der Waals surface area contributed by atoms with Crippen LogP contribution in [0.2, 0.25) is 0 Å². The number of hydrogen-bond donors (Lipinski definition) is 1. The van der Waals surface area contributed by atoms with Gasteiger partial charge in [0.25, 0.3) is 5.91 Å². The van der Waals surface area contributed by atoms with E-state index >= 15 is 0 Å². The summed E-state index contributed by atoms with van der Waals surface area (Å²) in [4.78, 5) is 26.5. The zero-order valence-corrected chi connectivity index (χ0v) is 17.2. The molecule has 0 aromatic heterocycles. The van der Waals surface area contributed by atoms with Gasteiger partial charge in [-0.1, -0.05) is 12.1 Å². The van der Waals surface area contributed by atoms with Gasteiger partial charge in [-0.2, -0.15) is 0 Å². The number of nitrogens with one attached hydrogen (secondary N) is 1. The van der Waals surface area contributed by atoms with Gasteiger partial charge in [-0.05, 0) is 63.1 Å². The number of nitrogens with zero attached hydrogens (tertiary/aromatic N) is 1. The Morgan fingerprint density at radius 2 is 1.86 bits per heavy atom. The van der Waals surface area contributed by atoms with Crippen LogP contribution >= 0.6 is 0 Å². The molecule has 1 fully saturated rings. The summed E-state index contributed by atoms with van der Waals surface area (Å²) < 4.78 is 11.3. The van der Waals surface area contributed by atoms with Crippen LogP contribution in [0.5, 0.6) is 11.5 Å². The first-order valence-electron chi connectivity index (χ1n) is 10.1. The van der Waals surface area contributed by atoms with Crippen molar-refractivity contribution in [1.29, 1.82) is 0 Å². The minimum atomic E-state index is -0.213. The monoisotopic (exact) mass is 396 g/mol. The van der Waals surface area contributed by atoms with Gasteiger partial charge in [0.15, 0.2) is 11.5 Å². The van der Waals surface area contributed by atoms with E-state index in [0.29, 0.717) is 43.2 Å². The normalized spacial score (nSPS) is 14.6. The minimum Gasteiger partial charge on any atom is -0.490 e. The fraction of sp³-hybridized carbons (Fsp3) is 0.391. The second-order valence-corrected chi connectivity index (χ2v) is 6.97. The molecular weight excluding hydrogens is 368 g/mol. The molecule has 1 atom stereocenters. The number of carbonyl (C=O) groups is 2. The van der Waals surface area contributed by atoms with Gasteiger partial charge in [-0.3, -0.25) is 9.59 Å². The summed E-state index contributed by atoms with van der Waals surface area (Å²) in [6.45, 7) is 7.57. The van der Waals surface area contributed by atoms with Crippen LogP contribution in [0.1, 0.15) is 55.6 Å². The van der Waals surface area contributed by atoms with Crippen LogP contribution in [0.25, 0.3) is 0 Å². The highest BCUT2D eigenvalue weighted by molar-refractivity contribution is 5.99. The van der Waals surface area contributed by atoms with Gasteiger partial charge in [-0.25, -0.2) is 0 Å². The second kappa shape index (κ2) is 9.45. The zero-order chi connectivity index (χ0) is 20.8. The number of benzene rings is 2. The van der Waals surface area contributed by atoms with Crippen molar-refractivity contribution >= 4 is 17.5 Å². The first-order valence-corrected chi connectivity index (χ1v) is 10.1. The van der Waals surface area contributed by atoms with Gasteiger partial charge in [0.1, 0.15) is 0 Å². The first kappa shape index (κ1) is 20.7. The van der Waals surface area contributed by atoms with E-state index in [4.69, 9.17) is 9.47 Å². The summed E-state index contributed by atoms with van der Waals surface area (Å²) in [5.41, 5.74) is 2.23. The molecule has 29 heavy (non-hydrogen) atoms. The lowest BCUT2D eigenvalue weighted by Crippen LogP contribution is -2.28. The van der Waals surface area contributed by atoms with Gasteiger partial charge in [0.2, 0.25) is 5.91 Å². The number of hydrogen-bond acceptors (Lipinski definition) is 4. The molecule has 0 radical (unpaired) electrons. The zero-order valence-electron chi connectivity index (χ0n) is 17.2. The third-order valence-electron chi connectivity index (χ3n) is 4.91. The predicted octanol–water partition coefficient (Wildman–Crippen LogP) is 4.10. The molecule has 0 saturated carbocycles. The molecule has 6 heteroatoms. The van der Waals surface area contributed by atoms with Gasteiger partial charge < -0.3 is 19.7 Å². The van der Waals surface area contributed by atoms with Crippen LogP contribution in [0, 0.1) is 0 Å². The van der Waals surface area contributed by atoms with E-state index in [0.717, 1.165) is 17.7 Å². The van der Waals surface area contributed by atoms with Crippen molar-refractivity contribution in [1.82, 2.24) is 5.32 Å². The van der Waals surface area contributed by atoms with Crippen molar-refractivity contribution in [3.05, 3.63) is 53.6 Å². The largest absolute Gasteiger partial charge is 0.490 e. The number of anilines is 1. The molecule has 1 aliphatic rings. The highest BCUT2D eigenvalue weighted by atomic mass is 16.5. The first-order chi connectivity index (χ1) is 14.0. The van der Waals surface area contributed by atoms with Crippen molar-refractivity contribution in [3.63, 3.8) is 0 Å². The Labute approximate surface area is 171 Å². The summed E-state index contributed by atoms with van der Waals surface area (Å²) in [6, 6.07) is 12.7. The fourth-order valence-corrected chi connectivity index (χ4v) is 3.44. The van der Waals surface area contributed by atoms with Gasteiger partial charge >= 0.3 is 0 Å². The average Bonchev–Trinajstić information content (AvgIpc) is 3.15. The number of ether oxygens (including phenoxy) is 2. The van der Waals surface area contributed by atoms with Gasteiger partial charge in [0.05, 0.1) is 19.3 Å². The quantitative estimate of drug-likeness (QED) is 0.729. The van der Waals surface area contributed by atoms with Crippen LogP contribution in [-0.4, -0.2) is 31.6 Å². The van der Waals surface area contributed by atoms with Crippen molar-refractivity contribution in [2.24, 2.45) is 0 Å². The standard InChI is InChI=1S/C23H28N2O4/c1-4-28-20-12-11-17(15-21(20)29-5-2)16(3)24-23(27)18-8-6-9-19(14-18)25-13-7-10-22(25)26/h6,8-9,11-12,14-16H,4-5,7,10,13H2,1-3H3,(H,24,27)/t16-/m0/s1. The average molecular weight is 396 g/mol. The second-order valence-electron chi connectivity index (χ2n) is 6.97. The molecular formula is C23H28N2O4. The highest BCUT2D eigenvalue weighted by Gasteiger charge is 2.22. The molecule has 0 spiro atoms. The highest BCUT2D eigenvalue weighted by Crippen LogP contribution is 2.31. The molecule has 6 nitrogen and oxygen atoms in total. The van der Waals surface area contributed by atoms with Crippen LogP contribution < -0.4 is 19.7 Å². The third-order valence-corrected chi connectivity index (χ3v) is 4.91. The summed E-state index contributed by atoms with van der Waals surface area (Å²) >= 11 is 0. The summed E-state index contributed by atoms with van der Waals surface area (Å²) in [6.07, 6.45) is 1.42. The smallest absolute Gasteiger partial charge is 0.251 e.